The van der Waals surface area contributed by atoms with Crippen LogP contribution in [-0.4, -0.2) is 23.9 Å². The van der Waals surface area contributed by atoms with Gasteiger partial charge in [-0.25, -0.2) is 13.8 Å². The van der Waals surface area contributed by atoms with E-state index in [-0.39, 0.29) is 5.13 Å². The smallest absolute Gasteiger partial charge is 0.324 e. The number of alkyl halides is 4. The molecule has 0 atom stereocenters. The highest BCUT2D eigenvalue weighted by atomic mass is 32.1. The van der Waals surface area contributed by atoms with Crippen LogP contribution in [0.3, 0.4) is 0 Å². The summed E-state index contributed by atoms with van der Waals surface area (Å²) in [5, 5.41) is 3.89. The summed E-state index contributed by atoms with van der Waals surface area (Å²) in [6.45, 7) is -1.10. The SMILES string of the molecule is FC(F)C(F)(F)CNc1nccs1. The number of halogens is 4. The lowest BCUT2D eigenvalue weighted by molar-refractivity contribution is -0.117. The van der Waals surface area contributed by atoms with E-state index in [1.807, 2.05) is 0 Å². The van der Waals surface area contributed by atoms with Crippen LogP contribution in [0, 0.1) is 0 Å². The van der Waals surface area contributed by atoms with Crippen LogP contribution in [0.1, 0.15) is 0 Å². The molecule has 74 valence electrons. The zero-order valence-electron chi connectivity index (χ0n) is 6.31. The summed E-state index contributed by atoms with van der Waals surface area (Å²) in [4.78, 5) is 3.61. The molecule has 1 aromatic rings. The third-order valence-corrected chi connectivity index (χ3v) is 1.96. The van der Waals surface area contributed by atoms with Crippen molar-refractivity contribution in [3.05, 3.63) is 11.6 Å². The highest BCUT2D eigenvalue weighted by molar-refractivity contribution is 7.13. The van der Waals surface area contributed by atoms with Crippen LogP contribution < -0.4 is 5.32 Å². The van der Waals surface area contributed by atoms with Gasteiger partial charge in [0.2, 0.25) is 0 Å². The van der Waals surface area contributed by atoms with Gasteiger partial charge in [-0.3, -0.25) is 0 Å². The second-order valence-corrected chi connectivity index (χ2v) is 3.15. The Bertz CT molecular complexity index is 249. The first-order valence-electron chi connectivity index (χ1n) is 3.32. The molecule has 7 heteroatoms. The maximum Gasteiger partial charge on any atom is 0.324 e. The molecule has 0 unspecified atom stereocenters. The van der Waals surface area contributed by atoms with Crippen molar-refractivity contribution in [3.8, 4) is 0 Å². The lowest BCUT2D eigenvalue weighted by Crippen LogP contribution is -2.34. The zero-order valence-corrected chi connectivity index (χ0v) is 7.12. The molecule has 0 aliphatic rings. The maximum atomic E-state index is 12.3. The summed E-state index contributed by atoms with van der Waals surface area (Å²) < 4.78 is 47.9. The van der Waals surface area contributed by atoms with Crippen LogP contribution in [-0.2, 0) is 0 Å². The van der Waals surface area contributed by atoms with Gasteiger partial charge in [-0.15, -0.1) is 11.3 Å². The third kappa shape index (κ3) is 2.83. The van der Waals surface area contributed by atoms with E-state index in [1.54, 1.807) is 5.38 Å². The standard InChI is InChI=1S/C6H6F4N2S/c7-4(8)6(9,10)3-12-5-11-1-2-13-5/h1-2,4H,3H2,(H,11,12). The Kier molecular flexibility index (Phi) is 3.07. The van der Waals surface area contributed by atoms with E-state index in [1.165, 1.54) is 6.20 Å². The van der Waals surface area contributed by atoms with Gasteiger partial charge in [-0.1, -0.05) is 0 Å². The van der Waals surface area contributed by atoms with Gasteiger partial charge in [0.15, 0.2) is 5.13 Å². The maximum absolute atomic E-state index is 12.3. The van der Waals surface area contributed by atoms with Crippen molar-refractivity contribution < 1.29 is 17.6 Å². The second-order valence-electron chi connectivity index (χ2n) is 2.25. The molecule has 0 spiro atoms. The van der Waals surface area contributed by atoms with Gasteiger partial charge in [0.05, 0.1) is 6.54 Å². The molecule has 0 aliphatic carbocycles. The lowest BCUT2D eigenvalue weighted by atomic mass is 10.3. The average Bonchev–Trinajstić information content (AvgIpc) is 2.52. The van der Waals surface area contributed by atoms with Crippen LogP contribution in [0.2, 0.25) is 0 Å². The molecular weight excluding hydrogens is 208 g/mol. The number of thiazole rings is 1. The van der Waals surface area contributed by atoms with E-state index >= 15 is 0 Å². The first kappa shape index (κ1) is 10.2. The normalized spacial score (nSPS) is 12.1. The Morgan fingerprint density at radius 3 is 2.69 bits per heavy atom. The fraction of sp³-hybridized carbons (Fsp3) is 0.500. The molecule has 0 saturated carbocycles. The van der Waals surface area contributed by atoms with Crippen molar-refractivity contribution in [1.82, 2.24) is 4.98 Å². The predicted molar refractivity (Wildman–Crippen MR) is 41.6 cm³/mol. The minimum absolute atomic E-state index is 0.209. The molecule has 1 N–H and O–H groups in total. The Morgan fingerprint density at radius 2 is 2.23 bits per heavy atom. The van der Waals surface area contributed by atoms with Gasteiger partial charge < -0.3 is 5.32 Å². The number of hydrogen-bond acceptors (Lipinski definition) is 3. The van der Waals surface area contributed by atoms with Crippen molar-refractivity contribution in [1.29, 1.82) is 0 Å². The highest BCUT2D eigenvalue weighted by Crippen LogP contribution is 2.23. The first-order valence-corrected chi connectivity index (χ1v) is 4.19. The molecule has 1 rings (SSSR count). The van der Waals surface area contributed by atoms with Gasteiger partial charge in [-0.2, -0.15) is 8.78 Å². The van der Waals surface area contributed by atoms with Gasteiger partial charge in [0, 0.05) is 11.6 Å². The number of nitrogens with zero attached hydrogens (tertiary/aromatic N) is 1. The number of aromatic nitrogens is 1. The fourth-order valence-electron chi connectivity index (χ4n) is 0.581. The highest BCUT2D eigenvalue weighted by Gasteiger charge is 2.40. The minimum Gasteiger partial charge on any atom is -0.355 e. The molecule has 0 aliphatic heterocycles. The Balaban J connectivity index is 2.42. The van der Waals surface area contributed by atoms with Gasteiger partial charge in [-0.05, 0) is 0 Å². The van der Waals surface area contributed by atoms with Crippen molar-refractivity contribution in [3.63, 3.8) is 0 Å². The van der Waals surface area contributed by atoms with Gasteiger partial charge >= 0.3 is 12.3 Å². The molecule has 0 saturated heterocycles. The first-order chi connectivity index (χ1) is 6.02. The molecular formula is C6H6F4N2S. The average molecular weight is 214 g/mol. The summed E-state index contributed by atoms with van der Waals surface area (Å²) in [7, 11) is 0. The van der Waals surface area contributed by atoms with E-state index in [2.05, 4.69) is 10.3 Å². The molecule has 1 heterocycles. The quantitative estimate of drug-likeness (QED) is 0.779. The molecule has 0 amide bonds. The molecule has 13 heavy (non-hydrogen) atoms. The van der Waals surface area contributed by atoms with Crippen LogP contribution in [0.4, 0.5) is 22.7 Å². The largest absolute Gasteiger partial charge is 0.355 e. The topological polar surface area (TPSA) is 24.9 Å². The Hall–Kier alpha value is -0.850. The summed E-state index contributed by atoms with van der Waals surface area (Å²) >= 11 is 1.07. The fourth-order valence-corrected chi connectivity index (χ4v) is 1.11. The lowest BCUT2D eigenvalue weighted by Gasteiger charge is -2.14. The summed E-state index contributed by atoms with van der Waals surface area (Å²) in [6.07, 6.45) is -2.26. The summed E-state index contributed by atoms with van der Waals surface area (Å²) in [5.74, 6) is -4.01. The minimum atomic E-state index is -4.01. The molecule has 0 fully saturated rings. The van der Waals surface area contributed by atoms with E-state index in [0.717, 1.165) is 11.3 Å². The van der Waals surface area contributed by atoms with Crippen molar-refractivity contribution in [2.75, 3.05) is 11.9 Å². The van der Waals surface area contributed by atoms with Gasteiger partial charge in [0.1, 0.15) is 0 Å². The van der Waals surface area contributed by atoms with E-state index in [9.17, 15) is 17.6 Å². The Labute approximate surface area is 75.6 Å². The van der Waals surface area contributed by atoms with Crippen LogP contribution >= 0.6 is 11.3 Å². The molecule has 0 bridgehead atoms. The number of anilines is 1. The monoisotopic (exact) mass is 214 g/mol. The second kappa shape index (κ2) is 3.91. The molecule has 0 aromatic carbocycles. The third-order valence-electron chi connectivity index (χ3n) is 1.23. The van der Waals surface area contributed by atoms with Crippen LogP contribution in [0.15, 0.2) is 11.6 Å². The van der Waals surface area contributed by atoms with Crippen molar-refractivity contribution >= 4 is 16.5 Å². The van der Waals surface area contributed by atoms with E-state index in [4.69, 9.17) is 0 Å². The van der Waals surface area contributed by atoms with Crippen LogP contribution in [0.5, 0.6) is 0 Å². The van der Waals surface area contributed by atoms with E-state index in [0.29, 0.717) is 0 Å². The van der Waals surface area contributed by atoms with E-state index < -0.39 is 18.9 Å². The van der Waals surface area contributed by atoms with Crippen molar-refractivity contribution in [2.24, 2.45) is 0 Å². The van der Waals surface area contributed by atoms with Crippen molar-refractivity contribution in [2.45, 2.75) is 12.3 Å². The van der Waals surface area contributed by atoms with Crippen LogP contribution in [0.25, 0.3) is 0 Å². The molecule has 1 aromatic heterocycles. The summed E-state index contributed by atoms with van der Waals surface area (Å²) in [5.41, 5.74) is 0. The molecule has 2 nitrogen and oxygen atoms in total. The number of nitrogens with one attached hydrogen (secondary N) is 1. The predicted octanol–water partition coefficient (Wildman–Crippen LogP) is 2.46. The number of hydrogen-bond donors (Lipinski definition) is 1. The Morgan fingerprint density at radius 1 is 1.54 bits per heavy atom. The summed E-state index contributed by atoms with van der Waals surface area (Å²) in [6, 6.07) is 0. The number of rotatable bonds is 4. The van der Waals surface area contributed by atoms with Gasteiger partial charge in [0.25, 0.3) is 0 Å². The zero-order chi connectivity index (χ0) is 9.90. The molecule has 0 radical (unpaired) electrons.